The zero-order valence-corrected chi connectivity index (χ0v) is 14.4. The van der Waals surface area contributed by atoms with Crippen LogP contribution in [0, 0.1) is 0 Å². The molecular formula is C18H21F3N2O3. The van der Waals surface area contributed by atoms with Crippen molar-refractivity contribution in [3.8, 4) is 5.75 Å². The van der Waals surface area contributed by atoms with E-state index >= 15 is 0 Å². The number of ether oxygens (including phenoxy) is 1. The van der Waals surface area contributed by atoms with E-state index in [1.54, 1.807) is 0 Å². The van der Waals surface area contributed by atoms with Crippen LogP contribution in [0.5, 0.6) is 5.75 Å². The summed E-state index contributed by atoms with van der Waals surface area (Å²) in [5, 5.41) is 9.48. The van der Waals surface area contributed by atoms with Gasteiger partial charge in [-0.15, -0.1) is 0 Å². The lowest BCUT2D eigenvalue weighted by Gasteiger charge is -2.31. The van der Waals surface area contributed by atoms with Gasteiger partial charge >= 0.3 is 12.1 Å². The lowest BCUT2D eigenvalue weighted by Crippen LogP contribution is -2.37. The Morgan fingerprint density at radius 3 is 2.50 bits per heavy atom. The highest BCUT2D eigenvalue weighted by molar-refractivity contribution is 5.82. The highest BCUT2D eigenvalue weighted by atomic mass is 19.4. The number of rotatable bonds is 3. The predicted octanol–water partition coefficient (Wildman–Crippen LogP) is 3.73. The fourth-order valence-electron chi connectivity index (χ4n) is 2.67. The van der Waals surface area contributed by atoms with E-state index in [1.807, 2.05) is 18.5 Å². The quantitative estimate of drug-likeness (QED) is 0.892. The second-order valence-electron chi connectivity index (χ2n) is 5.94. The molecule has 5 nitrogen and oxygen atoms in total. The minimum absolute atomic E-state index is 0.363. The van der Waals surface area contributed by atoms with Crippen LogP contribution in [0.3, 0.4) is 0 Å². The molecule has 26 heavy (non-hydrogen) atoms. The molecule has 2 aromatic rings. The van der Waals surface area contributed by atoms with Gasteiger partial charge in [0.25, 0.3) is 0 Å². The molecule has 3 rings (SSSR count). The van der Waals surface area contributed by atoms with Gasteiger partial charge in [0, 0.05) is 30.9 Å². The van der Waals surface area contributed by atoms with E-state index in [2.05, 4.69) is 35.0 Å². The van der Waals surface area contributed by atoms with Crippen molar-refractivity contribution in [1.82, 2.24) is 9.88 Å². The molecule has 8 heteroatoms. The summed E-state index contributed by atoms with van der Waals surface area (Å²) in [5.41, 5.74) is 0. The van der Waals surface area contributed by atoms with Crippen molar-refractivity contribution in [2.45, 2.75) is 32.0 Å². The summed E-state index contributed by atoms with van der Waals surface area (Å²) in [7, 11) is 0. The molecule has 1 aliphatic rings. The number of fused-ring (bicyclic) bond motifs is 1. The highest BCUT2D eigenvalue weighted by Crippen LogP contribution is 2.23. The molecular weight excluding hydrogens is 349 g/mol. The average molecular weight is 370 g/mol. The Labute approximate surface area is 149 Å². The third-order valence-corrected chi connectivity index (χ3v) is 4.14. The second kappa shape index (κ2) is 8.84. The average Bonchev–Trinajstić information content (AvgIpc) is 2.62. The van der Waals surface area contributed by atoms with Crippen LogP contribution in [0.25, 0.3) is 10.8 Å². The number of carbonyl (C=O) groups is 1. The number of hydrogen-bond acceptors (Lipinski definition) is 4. The van der Waals surface area contributed by atoms with E-state index in [0.29, 0.717) is 6.10 Å². The van der Waals surface area contributed by atoms with Gasteiger partial charge in [-0.25, -0.2) is 4.79 Å². The van der Waals surface area contributed by atoms with Gasteiger partial charge in [-0.3, -0.25) is 4.98 Å². The van der Waals surface area contributed by atoms with Gasteiger partial charge in [-0.05, 0) is 49.0 Å². The maximum Gasteiger partial charge on any atom is 0.490 e. The molecule has 0 aliphatic carbocycles. The number of hydrogen-bond donors (Lipinski definition) is 1. The van der Waals surface area contributed by atoms with Crippen molar-refractivity contribution in [2.75, 3.05) is 19.6 Å². The highest BCUT2D eigenvalue weighted by Gasteiger charge is 2.38. The molecule has 0 radical (unpaired) electrons. The standard InChI is InChI=1S/C16H20N2O.C2HF3O2/c1-2-18-9-6-15(7-10-18)19-16-4-3-14-12-17-8-5-13(14)11-16;3-2(4,5)1(6)7/h3-5,8,11-12,15H,2,6-7,9-10H2,1H3;(H,6,7). The number of aromatic nitrogens is 1. The van der Waals surface area contributed by atoms with Gasteiger partial charge in [-0.1, -0.05) is 6.92 Å². The molecule has 0 bridgehead atoms. The van der Waals surface area contributed by atoms with Crippen LogP contribution in [0.1, 0.15) is 19.8 Å². The van der Waals surface area contributed by atoms with E-state index in [4.69, 9.17) is 14.6 Å². The first-order valence-corrected chi connectivity index (χ1v) is 8.32. The van der Waals surface area contributed by atoms with Gasteiger partial charge in [-0.2, -0.15) is 13.2 Å². The SMILES string of the molecule is CCN1CCC(Oc2ccc3cnccc3c2)CC1.O=C(O)C(F)(F)F. The summed E-state index contributed by atoms with van der Waals surface area (Å²) in [6, 6.07) is 8.28. The minimum atomic E-state index is -5.08. The Kier molecular flexibility index (Phi) is 6.79. The van der Waals surface area contributed by atoms with Crippen molar-refractivity contribution < 1.29 is 27.8 Å². The number of carboxylic acids is 1. The summed E-state index contributed by atoms with van der Waals surface area (Å²) in [4.78, 5) is 15.5. The smallest absolute Gasteiger partial charge is 0.490 e. The van der Waals surface area contributed by atoms with Crippen LogP contribution < -0.4 is 4.74 Å². The molecule has 1 fully saturated rings. The Morgan fingerprint density at radius 2 is 1.92 bits per heavy atom. The fourth-order valence-corrected chi connectivity index (χ4v) is 2.67. The zero-order valence-electron chi connectivity index (χ0n) is 14.4. The first-order valence-electron chi connectivity index (χ1n) is 8.32. The van der Waals surface area contributed by atoms with Crippen LogP contribution in [-0.4, -0.2) is 52.9 Å². The molecule has 1 aromatic heterocycles. The van der Waals surface area contributed by atoms with Gasteiger partial charge in [0.05, 0.1) is 0 Å². The molecule has 1 N–H and O–H groups in total. The van der Waals surface area contributed by atoms with E-state index in [9.17, 15) is 13.2 Å². The molecule has 0 atom stereocenters. The zero-order chi connectivity index (χ0) is 19.2. The number of carboxylic acid groups (broad SMARTS) is 1. The molecule has 1 aromatic carbocycles. The summed E-state index contributed by atoms with van der Waals surface area (Å²) in [5.74, 6) is -1.78. The minimum Gasteiger partial charge on any atom is -0.490 e. The lowest BCUT2D eigenvalue weighted by molar-refractivity contribution is -0.192. The number of halogens is 3. The third kappa shape index (κ3) is 5.87. The topological polar surface area (TPSA) is 62.7 Å². The molecule has 2 heterocycles. The van der Waals surface area contributed by atoms with Gasteiger partial charge in [0.1, 0.15) is 11.9 Å². The van der Waals surface area contributed by atoms with Crippen molar-refractivity contribution in [2.24, 2.45) is 0 Å². The Hall–Kier alpha value is -2.35. The maximum atomic E-state index is 10.6. The summed E-state index contributed by atoms with van der Waals surface area (Å²) in [6.07, 6.45) is 1.25. The second-order valence-corrected chi connectivity index (χ2v) is 5.94. The van der Waals surface area contributed by atoms with Gasteiger partial charge in [0.2, 0.25) is 0 Å². The lowest BCUT2D eigenvalue weighted by atomic mass is 10.1. The van der Waals surface area contributed by atoms with Crippen LogP contribution in [-0.2, 0) is 4.79 Å². The third-order valence-electron chi connectivity index (χ3n) is 4.14. The van der Waals surface area contributed by atoms with Crippen molar-refractivity contribution in [3.63, 3.8) is 0 Å². The van der Waals surface area contributed by atoms with E-state index in [1.165, 1.54) is 5.39 Å². The van der Waals surface area contributed by atoms with Crippen molar-refractivity contribution >= 4 is 16.7 Å². The molecule has 0 unspecified atom stereocenters. The Morgan fingerprint density at radius 1 is 1.27 bits per heavy atom. The number of likely N-dealkylation sites (tertiary alicyclic amines) is 1. The Balaban J connectivity index is 0.000000298. The molecule has 0 spiro atoms. The first-order chi connectivity index (χ1) is 12.3. The maximum absolute atomic E-state index is 10.6. The van der Waals surface area contributed by atoms with Crippen molar-refractivity contribution in [1.29, 1.82) is 0 Å². The Bertz CT molecular complexity index is 729. The largest absolute Gasteiger partial charge is 0.490 e. The summed E-state index contributed by atoms with van der Waals surface area (Å²) >= 11 is 0. The van der Waals surface area contributed by atoms with Gasteiger partial charge in [0.15, 0.2) is 0 Å². The van der Waals surface area contributed by atoms with Crippen LogP contribution in [0.2, 0.25) is 0 Å². The molecule has 1 saturated heterocycles. The van der Waals surface area contributed by atoms with E-state index < -0.39 is 12.1 Å². The van der Waals surface area contributed by atoms with Gasteiger partial charge < -0.3 is 14.7 Å². The number of pyridine rings is 1. The summed E-state index contributed by atoms with van der Waals surface area (Å²) in [6.45, 7) is 5.67. The molecule has 0 amide bonds. The van der Waals surface area contributed by atoms with Crippen molar-refractivity contribution in [3.05, 3.63) is 36.7 Å². The summed E-state index contributed by atoms with van der Waals surface area (Å²) < 4.78 is 37.8. The van der Waals surface area contributed by atoms with E-state index in [0.717, 1.165) is 43.6 Å². The number of alkyl halides is 3. The van der Waals surface area contributed by atoms with Crippen LogP contribution in [0.15, 0.2) is 36.7 Å². The van der Waals surface area contributed by atoms with Crippen LogP contribution >= 0.6 is 0 Å². The monoisotopic (exact) mass is 370 g/mol. The number of aliphatic carboxylic acids is 1. The van der Waals surface area contributed by atoms with E-state index in [-0.39, 0.29) is 0 Å². The fraction of sp³-hybridized carbons (Fsp3) is 0.444. The molecule has 1 aliphatic heterocycles. The number of piperidine rings is 1. The number of benzene rings is 1. The van der Waals surface area contributed by atoms with Crippen LogP contribution in [0.4, 0.5) is 13.2 Å². The normalized spacial score (nSPS) is 16.0. The first kappa shape index (κ1) is 20.0. The molecule has 0 saturated carbocycles. The number of nitrogens with zero attached hydrogens (tertiary/aromatic N) is 2. The predicted molar refractivity (Wildman–Crippen MR) is 91.2 cm³/mol. The molecule has 142 valence electrons.